The van der Waals surface area contributed by atoms with E-state index in [9.17, 15) is 9.59 Å². The fourth-order valence-corrected chi connectivity index (χ4v) is 6.13. The molecule has 1 N–H and O–H groups in total. The number of piperazine rings is 1. The Morgan fingerprint density at radius 2 is 1.86 bits per heavy atom. The van der Waals surface area contributed by atoms with Crippen molar-refractivity contribution >= 4 is 45.7 Å². The molecule has 0 aliphatic carbocycles. The maximum absolute atomic E-state index is 13.6. The van der Waals surface area contributed by atoms with E-state index < -0.39 is 6.04 Å². The van der Waals surface area contributed by atoms with Gasteiger partial charge in [-0.2, -0.15) is 0 Å². The molecule has 0 radical (unpaired) electrons. The van der Waals surface area contributed by atoms with Gasteiger partial charge in [0.25, 0.3) is 5.91 Å². The van der Waals surface area contributed by atoms with Crippen LogP contribution in [0.5, 0.6) is 11.5 Å². The molecule has 4 aliphatic heterocycles. The highest BCUT2D eigenvalue weighted by atomic mass is 32.1. The molecular weight excluding hydrogens is 464 g/mol. The van der Waals surface area contributed by atoms with Crippen LogP contribution in [0.2, 0.25) is 0 Å². The van der Waals surface area contributed by atoms with Crippen LogP contribution in [0.15, 0.2) is 60.7 Å². The zero-order valence-corrected chi connectivity index (χ0v) is 19.5. The Kier molecular flexibility index (Phi) is 4.44. The summed E-state index contributed by atoms with van der Waals surface area (Å²) in [6.07, 6.45) is 0.747. The average Bonchev–Trinajstić information content (AvgIpc) is 3.65. The number of carbonyl (C=O) groups excluding carboxylic acids is 2. The molecule has 3 aromatic carbocycles. The maximum Gasteiger partial charge on any atom is 0.332 e. The number of carbonyl (C=O) groups is 2. The lowest BCUT2D eigenvalue weighted by Crippen LogP contribution is -2.56. The largest absolute Gasteiger partial charge is 0.454 e. The third kappa shape index (κ3) is 3.01. The third-order valence-electron chi connectivity index (χ3n) is 7.41. The molecule has 4 heterocycles. The maximum atomic E-state index is 13.6. The first-order chi connectivity index (χ1) is 17.1. The molecule has 7 rings (SSSR count). The second kappa shape index (κ2) is 7.58. The molecule has 3 atom stereocenters. The van der Waals surface area contributed by atoms with E-state index >= 15 is 0 Å². The predicted octanol–water partition coefficient (Wildman–Crippen LogP) is 3.24. The minimum absolute atomic E-state index is 0.0354. The lowest BCUT2D eigenvalue weighted by Gasteiger charge is -2.36. The van der Waals surface area contributed by atoms with Crippen LogP contribution in [0.3, 0.4) is 0 Å². The normalized spacial score (nSPS) is 24.0. The number of amides is 3. The van der Waals surface area contributed by atoms with E-state index in [1.54, 1.807) is 4.90 Å². The van der Waals surface area contributed by atoms with Crippen molar-refractivity contribution in [3.8, 4) is 11.5 Å². The van der Waals surface area contributed by atoms with E-state index in [0.717, 1.165) is 34.3 Å². The Bertz CT molecular complexity index is 1410. The highest BCUT2D eigenvalue weighted by Crippen LogP contribution is 2.43. The highest BCUT2D eigenvalue weighted by Gasteiger charge is 2.62. The lowest BCUT2D eigenvalue weighted by molar-refractivity contribution is -0.120. The van der Waals surface area contributed by atoms with Crippen molar-refractivity contribution < 1.29 is 19.1 Å². The number of imide groups is 1. The monoisotopic (exact) mass is 486 g/mol. The summed E-state index contributed by atoms with van der Waals surface area (Å²) in [6.45, 7) is 1.39. The number of fused-ring (bicyclic) bond motifs is 7. The van der Waals surface area contributed by atoms with Gasteiger partial charge in [-0.05, 0) is 47.8 Å². The van der Waals surface area contributed by atoms with Gasteiger partial charge in [0.2, 0.25) is 6.79 Å². The van der Waals surface area contributed by atoms with Crippen molar-refractivity contribution in [2.75, 3.05) is 18.2 Å². The smallest absolute Gasteiger partial charge is 0.332 e. The molecule has 35 heavy (non-hydrogen) atoms. The Balaban J connectivity index is 1.11. The summed E-state index contributed by atoms with van der Waals surface area (Å²) >= 11 is 5.72. The molecule has 0 saturated carbocycles. The van der Waals surface area contributed by atoms with Crippen molar-refractivity contribution in [2.45, 2.75) is 31.1 Å². The van der Waals surface area contributed by atoms with Gasteiger partial charge >= 0.3 is 6.03 Å². The summed E-state index contributed by atoms with van der Waals surface area (Å²) < 4.78 is 10.8. The Labute approximate surface area is 207 Å². The van der Waals surface area contributed by atoms with Gasteiger partial charge < -0.3 is 24.6 Å². The first kappa shape index (κ1) is 20.5. The zero-order valence-electron chi connectivity index (χ0n) is 18.7. The summed E-state index contributed by atoms with van der Waals surface area (Å²) in [5, 5.41) is 5.81. The van der Waals surface area contributed by atoms with E-state index in [4.69, 9.17) is 21.7 Å². The number of thiocarbonyl (C=S) groups is 1. The van der Waals surface area contributed by atoms with Crippen molar-refractivity contribution in [3.63, 3.8) is 0 Å². The number of hydrogen-bond donors (Lipinski definition) is 1. The molecule has 0 spiro atoms. The topological polar surface area (TPSA) is 74.4 Å². The lowest BCUT2D eigenvalue weighted by atomic mass is 10.1. The van der Waals surface area contributed by atoms with Gasteiger partial charge in [0.05, 0.1) is 17.8 Å². The number of anilines is 1. The second-order valence-electron chi connectivity index (χ2n) is 9.26. The zero-order chi connectivity index (χ0) is 23.7. The Morgan fingerprint density at radius 1 is 1.03 bits per heavy atom. The van der Waals surface area contributed by atoms with Crippen LogP contribution >= 0.6 is 12.2 Å². The van der Waals surface area contributed by atoms with Gasteiger partial charge in [0, 0.05) is 18.5 Å². The molecule has 3 saturated heterocycles. The first-order valence-electron chi connectivity index (χ1n) is 11.7. The number of hydrogen-bond acceptors (Lipinski definition) is 5. The van der Waals surface area contributed by atoms with Crippen molar-refractivity contribution in [3.05, 3.63) is 66.2 Å². The van der Waals surface area contributed by atoms with Crippen LogP contribution in [0, 0.1) is 0 Å². The summed E-state index contributed by atoms with van der Waals surface area (Å²) in [4.78, 5) is 32.3. The molecule has 3 aromatic rings. The molecule has 0 aromatic heterocycles. The number of nitrogens with one attached hydrogen (secondary N) is 1. The quantitative estimate of drug-likeness (QED) is 0.450. The fraction of sp³-hybridized carbons (Fsp3) is 0.269. The molecule has 2 bridgehead atoms. The van der Waals surface area contributed by atoms with Crippen molar-refractivity contribution in [1.29, 1.82) is 0 Å². The molecule has 8 nitrogen and oxygen atoms in total. The van der Waals surface area contributed by atoms with Crippen LogP contribution in [0.25, 0.3) is 10.8 Å². The van der Waals surface area contributed by atoms with Gasteiger partial charge in [-0.15, -0.1) is 0 Å². The number of rotatable bonds is 3. The molecule has 2 unspecified atom stereocenters. The summed E-state index contributed by atoms with van der Waals surface area (Å²) in [7, 11) is 0. The molecule has 9 heteroatoms. The van der Waals surface area contributed by atoms with Crippen LogP contribution in [-0.2, 0) is 11.3 Å². The Morgan fingerprint density at radius 3 is 2.77 bits per heavy atom. The second-order valence-corrected chi connectivity index (χ2v) is 9.65. The number of urea groups is 1. The molecular formula is C26H22N4O4S. The van der Waals surface area contributed by atoms with E-state index in [1.807, 2.05) is 60.7 Å². The number of ether oxygens (including phenoxy) is 2. The van der Waals surface area contributed by atoms with Crippen LogP contribution in [-0.4, -0.2) is 58.3 Å². The summed E-state index contributed by atoms with van der Waals surface area (Å²) in [5.74, 6) is 1.30. The molecule has 4 aliphatic rings. The summed E-state index contributed by atoms with van der Waals surface area (Å²) in [6, 6.07) is 18.4. The minimum atomic E-state index is -0.523. The van der Waals surface area contributed by atoms with Crippen LogP contribution < -0.4 is 19.7 Å². The number of benzene rings is 3. The average molecular weight is 487 g/mol. The molecule has 3 amide bonds. The first-order valence-corrected chi connectivity index (χ1v) is 12.1. The van der Waals surface area contributed by atoms with Gasteiger partial charge in [-0.3, -0.25) is 4.79 Å². The van der Waals surface area contributed by atoms with E-state index in [2.05, 4.69) is 10.2 Å². The number of likely N-dealkylation sites (tertiary alicyclic amines) is 1. The number of nitrogens with zero attached hydrogens (tertiary/aromatic N) is 3. The third-order valence-corrected chi connectivity index (χ3v) is 7.79. The fourth-order valence-electron chi connectivity index (χ4n) is 5.85. The predicted molar refractivity (Wildman–Crippen MR) is 133 cm³/mol. The SMILES string of the molecule is O=C1[C@H]2C3CC(CN3C(=S)NCc3ccc4c(c3)OCO4)N2C(=O)N1c1cccc2ccccc12. The van der Waals surface area contributed by atoms with Crippen LogP contribution in [0.1, 0.15) is 12.0 Å². The summed E-state index contributed by atoms with van der Waals surface area (Å²) in [5.41, 5.74) is 1.67. The van der Waals surface area contributed by atoms with Gasteiger partial charge in [-0.1, -0.05) is 42.5 Å². The Hall–Kier alpha value is -3.85. The van der Waals surface area contributed by atoms with Gasteiger partial charge in [0.15, 0.2) is 16.6 Å². The van der Waals surface area contributed by atoms with E-state index in [1.165, 1.54) is 4.90 Å². The highest BCUT2D eigenvalue weighted by molar-refractivity contribution is 7.80. The van der Waals surface area contributed by atoms with Crippen LogP contribution in [0.4, 0.5) is 10.5 Å². The van der Waals surface area contributed by atoms with Gasteiger partial charge in [0.1, 0.15) is 6.04 Å². The van der Waals surface area contributed by atoms with Gasteiger partial charge in [-0.25, -0.2) is 9.69 Å². The van der Waals surface area contributed by atoms with Crippen molar-refractivity contribution in [2.24, 2.45) is 0 Å². The van der Waals surface area contributed by atoms with Crippen molar-refractivity contribution in [1.82, 2.24) is 15.1 Å². The minimum Gasteiger partial charge on any atom is -0.454 e. The molecule has 3 fully saturated rings. The standard InChI is InChI=1S/C26H22N4O4S/c31-24-23-20-11-17(13-28(20)25(35)27-12-15-8-9-21-22(10-15)34-14-33-21)29(23)26(32)30(24)19-7-3-5-16-4-1-2-6-18(16)19/h1-10,17,20,23H,11-14H2,(H,27,35)/t17?,20?,23-/m1/s1. The van der Waals surface area contributed by atoms with E-state index in [0.29, 0.717) is 23.9 Å². The molecule has 176 valence electrons. The van der Waals surface area contributed by atoms with E-state index in [-0.39, 0.29) is 30.8 Å².